The molecule has 0 amide bonds. The number of piperazine rings is 2. The lowest BCUT2D eigenvalue weighted by Crippen LogP contribution is -2.48. The Kier molecular flexibility index (Phi) is 5.50. The van der Waals surface area contributed by atoms with Crippen molar-refractivity contribution >= 4 is 29.2 Å². The Morgan fingerprint density at radius 1 is 0.893 bits per heavy atom. The molecule has 0 unspecified atom stereocenters. The van der Waals surface area contributed by atoms with Crippen LogP contribution < -0.4 is 14.7 Å². The zero-order chi connectivity index (χ0) is 19.7. The van der Waals surface area contributed by atoms with Crippen LogP contribution in [-0.4, -0.2) is 79.3 Å². The molecule has 28 heavy (non-hydrogen) atoms. The first kappa shape index (κ1) is 19.1. The fourth-order valence-electron chi connectivity index (χ4n) is 3.63. The first-order valence-electron chi connectivity index (χ1n) is 9.60. The minimum Gasteiger partial charge on any atom is -0.353 e. The van der Waals surface area contributed by atoms with Crippen molar-refractivity contribution in [1.29, 1.82) is 0 Å². The van der Waals surface area contributed by atoms with Gasteiger partial charge >= 0.3 is 0 Å². The van der Waals surface area contributed by atoms with Gasteiger partial charge in [0.1, 0.15) is 5.82 Å². The topological polar surface area (TPSA) is 51.6 Å². The fourth-order valence-corrected chi connectivity index (χ4v) is 3.78. The summed E-state index contributed by atoms with van der Waals surface area (Å²) >= 11 is 5.81. The summed E-state index contributed by atoms with van der Waals surface area (Å²) in [5.41, 5.74) is 0.965. The van der Waals surface area contributed by atoms with Crippen molar-refractivity contribution in [2.24, 2.45) is 0 Å². The van der Waals surface area contributed by atoms with E-state index in [0.29, 0.717) is 23.9 Å². The van der Waals surface area contributed by atoms with E-state index in [-0.39, 0.29) is 5.82 Å². The van der Waals surface area contributed by atoms with Crippen LogP contribution >= 0.6 is 11.6 Å². The number of rotatable bonds is 3. The van der Waals surface area contributed by atoms with Crippen LogP contribution in [0.4, 0.5) is 22.0 Å². The number of aryl methyl sites for hydroxylation is 1. The van der Waals surface area contributed by atoms with E-state index in [9.17, 15) is 4.39 Å². The second kappa shape index (κ2) is 8.05. The number of likely N-dealkylation sites (N-methyl/N-ethyl adjacent to an activating group) is 1. The van der Waals surface area contributed by atoms with Gasteiger partial charge in [-0.2, -0.15) is 4.98 Å². The van der Waals surface area contributed by atoms with Gasteiger partial charge in [0.2, 0.25) is 5.95 Å². The maximum absolute atomic E-state index is 14.2. The van der Waals surface area contributed by atoms with Gasteiger partial charge in [-0.1, -0.05) is 11.6 Å². The number of hydrogen-bond donors (Lipinski definition) is 0. The second-order valence-electron chi connectivity index (χ2n) is 7.39. The fraction of sp³-hybridized carbons (Fsp3) is 0.526. The Morgan fingerprint density at radius 3 is 2.21 bits per heavy atom. The summed E-state index contributed by atoms with van der Waals surface area (Å²) in [6.45, 7) is 8.79. The predicted octanol–water partition coefficient (Wildman–Crippen LogP) is 2.05. The monoisotopic (exact) mass is 405 g/mol. The van der Waals surface area contributed by atoms with E-state index in [2.05, 4.69) is 31.7 Å². The standard InChI is InChI=1S/C19H25ClFN7/c1-14-11-17(24-19(23-14)28-5-3-25(2)4-6-28)26-7-9-27(10-8-26)18-16(21)12-15(20)13-22-18/h11-13H,3-10H2,1-2H3. The molecule has 0 atom stereocenters. The maximum Gasteiger partial charge on any atom is 0.227 e. The van der Waals surface area contributed by atoms with Crippen LogP contribution in [0.2, 0.25) is 5.02 Å². The van der Waals surface area contributed by atoms with Gasteiger partial charge in [0.05, 0.1) is 5.02 Å². The molecule has 0 radical (unpaired) electrons. The van der Waals surface area contributed by atoms with Crippen LogP contribution in [0.1, 0.15) is 5.69 Å². The molecule has 150 valence electrons. The average molecular weight is 406 g/mol. The zero-order valence-electron chi connectivity index (χ0n) is 16.3. The Bertz CT molecular complexity index is 833. The third-order valence-electron chi connectivity index (χ3n) is 5.31. The quantitative estimate of drug-likeness (QED) is 0.774. The largest absolute Gasteiger partial charge is 0.353 e. The molecule has 2 aromatic heterocycles. The first-order valence-corrected chi connectivity index (χ1v) is 9.97. The van der Waals surface area contributed by atoms with Crippen molar-refractivity contribution in [3.63, 3.8) is 0 Å². The highest BCUT2D eigenvalue weighted by atomic mass is 35.5. The smallest absolute Gasteiger partial charge is 0.227 e. The van der Waals surface area contributed by atoms with E-state index < -0.39 is 0 Å². The number of pyridine rings is 1. The summed E-state index contributed by atoms with van der Waals surface area (Å²) in [5.74, 6) is 1.72. The van der Waals surface area contributed by atoms with E-state index in [4.69, 9.17) is 16.6 Å². The molecule has 0 saturated carbocycles. The molecule has 0 aromatic carbocycles. The van der Waals surface area contributed by atoms with Gasteiger partial charge in [-0.3, -0.25) is 0 Å². The van der Waals surface area contributed by atoms with Gasteiger partial charge in [0, 0.05) is 70.3 Å². The van der Waals surface area contributed by atoms with Gasteiger partial charge in [-0.25, -0.2) is 14.4 Å². The molecule has 0 aliphatic carbocycles. The van der Waals surface area contributed by atoms with Crippen molar-refractivity contribution in [1.82, 2.24) is 19.9 Å². The number of aromatic nitrogens is 3. The number of anilines is 3. The maximum atomic E-state index is 14.2. The number of halogens is 2. The molecule has 0 spiro atoms. The van der Waals surface area contributed by atoms with Crippen LogP contribution in [0.25, 0.3) is 0 Å². The van der Waals surface area contributed by atoms with Gasteiger partial charge in [0.15, 0.2) is 11.6 Å². The molecule has 2 aromatic rings. The molecule has 2 fully saturated rings. The van der Waals surface area contributed by atoms with Gasteiger partial charge in [-0.15, -0.1) is 0 Å². The van der Waals surface area contributed by atoms with Crippen molar-refractivity contribution in [2.45, 2.75) is 6.92 Å². The molecule has 2 aliphatic heterocycles. The average Bonchev–Trinajstić information content (AvgIpc) is 2.68. The lowest BCUT2D eigenvalue weighted by molar-refractivity contribution is 0.311. The predicted molar refractivity (Wildman–Crippen MR) is 110 cm³/mol. The Morgan fingerprint density at radius 2 is 1.54 bits per heavy atom. The highest BCUT2D eigenvalue weighted by Gasteiger charge is 2.23. The SMILES string of the molecule is Cc1cc(N2CCN(c3ncc(Cl)cc3F)CC2)nc(N2CCN(C)CC2)n1. The third-order valence-corrected chi connectivity index (χ3v) is 5.51. The molecule has 0 N–H and O–H groups in total. The summed E-state index contributed by atoms with van der Waals surface area (Å²) in [6.07, 6.45) is 1.49. The molecule has 0 bridgehead atoms. The van der Waals surface area contributed by atoms with Crippen LogP contribution in [0.3, 0.4) is 0 Å². The normalized spacial score (nSPS) is 18.6. The summed E-state index contributed by atoms with van der Waals surface area (Å²) in [6, 6.07) is 3.34. The Balaban J connectivity index is 1.45. The zero-order valence-corrected chi connectivity index (χ0v) is 17.0. The first-order chi connectivity index (χ1) is 13.5. The minimum atomic E-state index is -0.379. The summed E-state index contributed by atoms with van der Waals surface area (Å²) in [4.78, 5) is 22.4. The van der Waals surface area contributed by atoms with E-state index in [1.807, 2.05) is 17.9 Å². The summed E-state index contributed by atoms with van der Waals surface area (Å²) in [7, 11) is 2.14. The van der Waals surface area contributed by atoms with Crippen LogP contribution in [0.5, 0.6) is 0 Å². The second-order valence-corrected chi connectivity index (χ2v) is 7.83. The van der Waals surface area contributed by atoms with Crippen molar-refractivity contribution in [3.8, 4) is 0 Å². The Labute approximate surface area is 169 Å². The highest BCUT2D eigenvalue weighted by Crippen LogP contribution is 2.24. The van der Waals surface area contributed by atoms with E-state index in [0.717, 1.165) is 56.7 Å². The van der Waals surface area contributed by atoms with Crippen molar-refractivity contribution in [2.75, 3.05) is 74.1 Å². The van der Waals surface area contributed by atoms with Crippen LogP contribution in [0.15, 0.2) is 18.3 Å². The van der Waals surface area contributed by atoms with Gasteiger partial charge in [-0.05, 0) is 20.0 Å². The highest BCUT2D eigenvalue weighted by molar-refractivity contribution is 6.30. The van der Waals surface area contributed by atoms with Crippen LogP contribution in [-0.2, 0) is 0 Å². The van der Waals surface area contributed by atoms with Crippen molar-refractivity contribution in [3.05, 3.63) is 34.9 Å². The third kappa shape index (κ3) is 4.12. The van der Waals surface area contributed by atoms with Crippen molar-refractivity contribution < 1.29 is 4.39 Å². The van der Waals surface area contributed by atoms with E-state index in [1.165, 1.54) is 12.3 Å². The molecule has 4 heterocycles. The number of hydrogen-bond acceptors (Lipinski definition) is 7. The van der Waals surface area contributed by atoms with E-state index in [1.54, 1.807) is 0 Å². The Hall–Kier alpha value is -2.19. The summed E-state index contributed by atoms with van der Waals surface area (Å²) in [5, 5.41) is 0.313. The van der Waals surface area contributed by atoms with Crippen LogP contribution in [0, 0.1) is 12.7 Å². The molecular formula is C19H25ClFN7. The molecule has 4 rings (SSSR count). The molecule has 7 nitrogen and oxygen atoms in total. The lowest BCUT2D eigenvalue weighted by atomic mass is 10.3. The molecule has 2 aliphatic rings. The lowest BCUT2D eigenvalue weighted by Gasteiger charge is -2.37. The van der Waals surface area contributed by atoms with Gasteiger partial charge in [0.25, 0.3) is 0 Å². The van der Waals surface area contributed by atoms with Gasteiger partial charge < -0.3 is 19.6 Å². The van der Waals surface area contributed by atoms with E-state index >= 15 is 0 Å². The summed E-state index contributed by atoms with van der Waals surface area (Å²) < 4.78 is 14.2. The number of nitrogens with zero attached hydrogens (tertiary/aromatic N) is 7. The molecule has 2 saturated heterocycles. The molecular weight excluding hydrogens is 381 g/mol. The minimum absolute atomic E-state index is 0.313. The molecule has 9 heteroatoms.